The lowest BCUT2D eigenvalue weighted by Crippen LogP contribution is -2.26. The van der Waals surface area contributed by atoms with E-state index >= 15 is 0 Å². The molecule has 0 saturated heterocycles. The minimum Gasteiger partial charge on any atom is -0.486 e. The number of halogens is 2. The molecule has 94 valence electrons. The molecule has 0 aliphatic heterocycles. The second kappa shape index (κ2) is 8.31. The molecule has 0 aliphatic rings. The van der Waals surface area contributed by atoms with Crippen LogP contribution in [0, 0.1) is 0 Å². The summed E-state index contributed by atoms with van der Waals surface area (Å²) >= 11 is 5.16. The summed E-state index contributed by atoms with van der Waals surface area (Å²) in [5.74, 6) is 0. The lowest BCUT2D eigenvalue weighted by Gasteiger charge is -2.14. The first-order chi connectivity index (χ1) is 7.17. The minimum atomic E-state index is 0. The molecule has 1 heterocycles. The highest BCUT2D eigenvalue weighted by molar-refractivity contribution is 9.10. The third-order valence-electron chi connectivity index (χ3n) is 2.06. The highest BCUT2D eigenvalue weighted by atomic mass is 79.9. The van der Waals surface area contributed by atoms with Crippen molar-refractivity contribution in [1.29, 1.82) is 0 Å². The Bertz CT molecular complexity index is 309. The Morgan fingerprint density at radius 3 is 2.75 bits per heavy atom. The molecule has 6 heteroatoms. The van der Waals surface area contributed by atoms with Gasteiger partial charge in [0.2, 0.25) is 0 Å². The first-order valence-electron chi connectivity index (χ1n) is 4.82. The van der Waals surface area contributed by atoms with Gasteiger partial charge in [-0.25, -0.2) is 0 Å². The number of rotatable bonds is 6. The molecule has 0 fully saturated rings. The number of ether oxygens (including phenoxy) is 1. The van der Waals surface area contributed by atoms with E-state index in [9.17, 15) is 0 Å². The van der Waals surface area contributed by atoms with Gasteiger partial charge in [0.15, 0.2) is 5.06 Å². The van der Waals surface area contributed by atoms with Crippen molar-refractivity contribution in [3.8, 4) is 5.06 Å². The van der Waals surface area contributed by atoms with E-state index in [0.29, 0.717) is 0 Å². The van der Waals surface area contributed by atoms with Crippen LogP contribution in [0.25, 0.3) is 0 Å². The van der Waals surface area contributed by atoms with E-state index in [1.165, 1.54) is 4.88 Å². The summed E-state index contributed by atoms with van der Waals surface area (Å²) in [6.07, 6.45) is 0. The van der Waals surface area contributed by atoms with E-state index in [0.717, 1.165) is 29.2 Å². The van der Waals surface area contributed by atoms with Crippen molar-refractivity contribution in [3.05, 3.63) is 15.4 Å². The van der Waals surface area contributed by atoms with Gasteiger partial charge in [-0.05, 0) is 36.1 Å². The summed E-state index contributed by atoms with van der Waals surface area (Å²) in [7, 11) is 5.79. The number of thiophene rings is 1. The Hall–Kier alpha value is 0.190. The molecule has 1 N–H and O–H groups in total. The molecule has 16 heavy (non-hydrogen) atoms. The SMILES string of the molecule is CNCCN(C)Cc1cc(Br)c(OC)s1.Cl. The largest absolute Gasteiger partial charge is 0.486 e. The maximum Gasteiger partial charge on any atom is 0.188 e. The van der Waals surface area contributed by atoms with E-state index in [1.807, 2.05) is 7.05 Å². The van der Waals surface area contributed by atoms with Gasteiger partial charge in [0.1, 0.15) is 0 Å². The van der Waals surface area contributed by atoms with Crippen LogP contribution in [-0.4, -0.2) is 39.2 Å². The predicted molar refractivity (Wildman–Crippen MR) is 76.1 cm³/mol. The quantitative estimate of drug-likeness (QED) is 0.868. The van der Waals surface area contributed by atoms with Crippen LogP contribution in [0.2, 0.25) is 0 Å². The lowest BCUT2D eigenvalue weighted by molar-refractivity contribution is 0.331. The van der Waals surface area contributed by atoms with Crippen molar-refractivity contribution < 1.29 is 4.74 Å². The zero-order valence-corrected chi connectivity index (χ0v) is 13.0. The van der Waals surface area contributed by atoms with E-state index in [-0.39, 0.29) is 12.4 Å². The van der Waals surface area contributed by atoms with Crippen LogP contribution < -0.4 is 10.1 Å². The standard InChI is InChI=1S/C10H17BrN2OS.ClH/c1-12-4-5-13(2)7-8-6-9(11)10(14-3)15-8;/h6,12H,4-5,7H2,1-3H3;1H. The molecule has 0 saturated carbocycles. The number of nitrogens with zero attached hydrogens (tertiary/aromatic N) is 1. The normalized spacial score (nSPS) is 10.3. The molecule has 1 aromatic heterocycles. The summed E-state index contributed by atoms with van der Waals surface area (Å²) in [4.78, 5) is 3.60. The van der Waals surface area contributed by atoms with Crippen molar-refractivity contribution in [2.45, 2.75) is 6.54 Å². The van der Waals surface area contributed by atoms with Crippen molar-refractivity contribution in [3.63, 3.8) is 0 Å². The molecule has 0 bridgehead atoms. The van der Waals surface area contributed by atoms with Crippen LogP contribution in [0.15, 0.2) is 10.5 Å². The second-order valence-electron chi connectivity index (χ2n) is 3.39. The molecule has 0 atom stereocenters. The molecule has 0 amide bonds. The Kier molecular flexibility index (Phi) is 8.40. The monoisotopic (exact) mass is 328 g/mol. The fourth-order valence-electron chi connectivity index (χ4n) is 1.26. The van der Waals surface area contributed by atoms with Gasteiger partial charge in [-0.2, -0.15) is 0 Å². The third kappa shape index (κ3) is 5.01. The zero-order chi connectivity index (χ0) is 11.3. The molecule has 0 spiro atoms. The van der Waals surface area contributed by atoms with Gasteiger partial charge < -0.3 is 15.0 Å². The highest BCUT2D eigenvalue weighted by Crippen LogP contribution is 2.34. The van der Waals surface area contributed by atoms with Crippen LogP contribution in [0.3, 0.4) is 0 Å². The van der Waals surface area contributed by atoms with Crippen molar-refractivity contribution in [2.75, 3.05) is 34.3 Å². The number of nitrogens with one attached hydrogen (secondary N) is 1. The van der Waals surface area contributed by atoms with Crippen molar-refractivity contribution >= 4 is 39.7 Å². The number of hydrogen-bond donors (Lipinski definition) is 1. The molecule has 0 aromatic carbocycles. The average molecular weight is 330 g/mol. The van der Waals surface area contributed by atoms with Crippen LogP contribution in [0.4, 0.5) is 0 Å². The molecule has 1 aromatic rings. The number of likely N-dealkylation sites (N-methyl/N-ethyl adjacent to an activating group) is 2. The molecule has 0 radical (unpaired) electrons. The molecule has 3 nitrogen and oxygen atoms in total. The van der Waals surface area contributed by atoms with Gasteiger partial charge in [-0.1, -0.05) is 0 Å². The van der Waals surface area contributed by atoms with Crippen LogP contribution in [0.1, 0.15) is 4.88 Å². The van der Waals surface area contributed by atoms with Gasteiger partial charge in [0.25, 0.3) is 0 Å². The molecule has 1 rings (SSSR count). The summed E-state index contributed by atoms with van der Waals surface area (Å²) in [5.41, 5.74) is 0. The van der Waals surface area contributed by atoms with E-state index in [4.69, 9.17) is 4.74 Å². The van der Waals surface area contributed by atoms with Crippen LogP contribution >= 0.6 is 39.7 Å². The van der Waals surface area contributed by atoms with Crippen LogP contribution in [-0.2, 0) is 6.54 Å². The summed E-state index contributed by atoms with van der Waals surface area (Å²) in [6, 6.07) is 2.12. The van der Waals surface area contributed by atoms with E-state index in [1.54, 1.807) is 18.4 Å². The molecule has 0 aliphatic carbocycles. The number of methoxy groups -OCH3 is 1. The topological polar surface area (TPSA) is 24.5 Å². The molecular formula is C10H18BrClN2OS. The van der Waals surface area contributed by atoms with Gasteiger partial charge in [-0.3, -0.25) is 0 Å². The Morgan fingerprint density at radius 2 is 2.25 bits per heavy atom. The summed E-state index contributed by atoms with van der Waals surface area (Å²) in [6.45, 7) is 3.03. The molecule has 0 unspecified atom stereocenters. The smallest absolute Gasteiger partial charge is 0.188 e. The van der Waals surface area contributed by atoms with Gasteiger partial charge in [0, 0.05) is 24.5 Å². The van der Waals surface area contributed by atoms with Gasteiger partial charge >= 0.3 is 0 Å². The first-order valence-corrected chi connectivity index (χ1v) is 6.43. The fraction of sp³-hybridized carbons (Fsp3) is 0.600. The molecular weight excluding hydrogens is 312 g/mol. The zero-order valence-electron chi connectivity index (χ0n) is 9.75. The van der Waals surface area contributed by atoms with Crippen molar-refractivity contribution in [1.82, 2.24) is 10.2 Å². The third-order valence-corrected chi connectivity index (χ3v) is 3.99. The predicted octanol–water partition coefficient (Wildman–Crippen LogP) is 2.59. The maximum atomic E-state index is 5.23. The summed E-state index contributed by atoms with van der Waals surface area (Å²) in [5, 5.41) is 4.09. The first kappa shape index (κ1) is 16.2. The van der Waals surface area contributed by atoms with Gasteiger partial charge in [-0.15, -0.1) is 23.7 Å². The highest BCUT2D eigenvalue weighted by Gasteiger charge is 2.08. The van der Waals surface area contributed by atoms with E-state index in [2.05, 4.69) is 39.3 Å². The number of hydrogen-bond acceptors (Lipinski definition) is 4. The summed E-state index contributed by atoms with van der Waals surface area (Å²) < 4.78 is 6.28. The average Bonchev–Trinajstić information content (AvgIpc) is 2.55. The maximum absolute atomic E-state index is 5.23. The Morgan fingerprint density at radius 1 is 1.56 bits per heavy atom. The van der Waals surface area contributed by atoms with Crippen molar-refractivity contribution in [2.24, 2.45) is 0 Å². The Balaban J connectivity index is 0.00000225. The lowest BCUT2D eigenvalue weighted by atomic mass is 10.4. The fourth-order valence-corrected chi connectivity index (χ4v) is 3.03. The second-order valence-corrected chi connectivity index (χ2v) is 5.35. The Labute approximate surface area is 116 Å². The van der Waals surface area contributed by atoms with E-state index < -0.39 is 0 Å². The van der Waals surface area contributed by atoms with Crippen LogP contribution in [0.5, 0.6) is 5.06 Å². The minimum absolute atomic E-state index is 0. The van der Waals surface area contributed by atoms with Gasteiger partial charge in [0.05, 0.1) is 11.6 Å².